The lowest BCUT2D eigenvalue weighted by molar-refractivity contribution is -0.137. The van der Waals surface area contributed by atoms with E-state index in [-0.39, 0.29) is 0 Å². The molecule has 0 aromatic rings. The van der Waals surface area contributed by atoms with Gasteiger partial charge in [0.2, 0.25) is 0 Å². The Kier molecular flexibility index (Phi) is 7.76. The van der Waals surface area contributed by atoms with E-state index in [1.165, 1.54) is 25.7 Å². The summed E-state index contributed by atoms with van der Waals surface area (Å²) in [6.45, 7) is 1.84. The molecule has 0 saturated heterocycles. The number of hydrogen-bond acceptors (Lipinski definition) is 1. The summed E-state index contributed by atoms with van der Waals surface area (Å²) in [6, 6.07) is 0. The maximum Gasteiger partial charge on any atom is 0.303 e. The van der Waals surface area contributed by atoms with Gasteiger partial charge in [0.05, 0.1) is 0 Å². The monoisotopic (exact) mass is 170 g/mol. The summed E-state index contributed by atoms with van der Waals surface area (Å²) in [7, 11) is 0. The number of carbonyl (C=O) groups is 1. The van der Waals surface area contributed by atoms with Gasteiger partial charge < -0.3 is 5.11 Å². The SMILES string of the molecule is C1=CCCCC1.CCCC(=O)O. The Labute approximate surface area is 74.3 Å². The molecule has 1 N–H and O–H groups in total. The van der Waals surface area contributed by atoms with Crippen molar-refractivity contribution < 1.29 is 9.90 Å². The molecule has 0 aromatic heterocycles. The standard InChI is InChI=1S/C6H10.C4H8O2/c1-2-4-6-5-3-1;1-2-3-4(5)6/h1-2H,3-6H2;2-3H2,1H3,(H,5,6). The fraction of sp³-hybridized carbons (Fsp3) is 0.700. The van der Waals surface area contributed by atoms with Crippen LogP contribution in [0, 0.1) is 0 Å². The molecule has 0 saturated carbocycles. The minimum absolute atomic E-state index is 0.292. The van der Waals surface area contributed by atoms with Gasteiger partial charge in [0, 0.05) is 6.42 Å². The molecular formula is C10H18O2. The highest BCUT2D eigenvalue weighted by molar-refractivity contribution is 5.66. The number of hydrogen-bond donors (Lipinski definition) is 1. The quantitative estimate of drug-likeness (QED) is 0.647. The first-order valence-corrected chi connectivity index (χ1v) is 4.64. The van der Waals surface area contributed by atoms with Crippen LogP contribution in [0.2, 0.25) is 0 Å². The van der Waals surface area contributed by atoms with Crippen LogP contribution >= 0.6 is 0 Å². The summed E-state index contributed by atoms with van der Waals surface area (Å²) in [4.78, 5) is 9.60. The Hall–Kier alpha value is -0.790. The second-order valence-electron chi connectivity index (χ2n) is 2.90. The molecule has 0 aliphatic heterocycles. The van der Waals surface area contributed by atoms with Gasteiger partial charge in [-0.3, -0.25) is 4.79 Å². The number of carboxylic acids is 1. The predicted molar refractivity (Wildman–Crippen MR) is 50.2 cm³/mol. The molecule has 1 rings (SSSR count). The van der Waals surface area contributed by atoms with Gasteiger partial charge in [-0.1, -0.05) is 19.1 Å². The second kappa shape index (κ2) is 8.31. The lowest BCUT2D eigenvalue weighted by atomic mass is 10.1. The molecular weight excluding hydrogens is 152 g/mol. The molecule has 0 bridgehead atoms. The Balaban J connectivity index is 0.000000202. The molecule has 0 amide bonds. The summed E-state index contributed by atoms with van der Waals surface area (Å²) < 4.78 is 0. The normalized spacial score (nSPS) is 14.8. The van der Waals surface area contributed by atoms with Crippen LogP contribution in [0.5, 0.6) is 0 Å². The molecule has 0 atom stereocenters. The molecule has 70 valence electrons. The Morgan fingerprint density at radius 3 is 1.92 bits per heavy atom. The van der Waals surface area contributed by atoms with Crippen LogP contribution in [0.15, 0.2) is 12.2 Å². The van der Waals surface area contributed by atoms with E-state index in [9.17, 15) is 4.79 Å². The Bertz CT molecular complexity index is 131. The molecule has 2 heteroatoms. The maximum atomic E-state index is 9.60. The van der Waals surface area contributed by atoms with Gasteiger partial charge in [0.1, 0.15) is 0 Å². The van der Waals surface area contributed by atoms with E-state index in [2.05, 4.69) is 12.2 Å². The van der Waals surface area contributed by atoms with Gasteiger partial charge >= 0.3 is 5.97 Å². The minimum atomic E-state index is -0.711. The zero-order valence-corrected chi connectivity index (χ0v) is 7.75. The fourth-order valence-electron chi connectivity index (χ4n) is 0.974. The predicted octanol–water partition coefficient (Wildman–Crippen LogP) is 2.99. The van der Waals surface area contributed by atoms with Crippen molar-refractivity contribution >= 4 is 5.97 Å². The van der Waals surface area contributed by atoms with Crippen molar-refractivity contribution in [3.8, 4) is 0 Å². The van der Waals surface area contributed by atoms with Crippen molar-refractivity contribution in [2.45, 2.75) is 45.4 Å². The van der Waals surface area contributed by atoms with Crippen LogP contribution in [0.3, 0.4) is 0 Å². The Morgan fingerprint density at radius 2 is 1.83 bits per heavy atom. The third-order valence-electron chi connectivity index (χ3n) is 1.62. The van der Waals surface area contributed by atoms with E-state index < -0.39 is 5.97 Å². The molecule has 1 aliphatic rings. The van der Waals surface area contributed by atoms with E-state index in [1.54, 1.807) is 0 Å². The summed E-state index contributed by atoms with van der Waals surface area (Å²) in [5.74, 6) is -0.711. The smallest absolute Gasteiger partial charge is 0.303 e. The van der Waals surface area contributed by atoms with Gasteiger partial charge in [-0.05, 0) is 32.1 Å². The number of carboxylic acid groups (broad SMARTS) is 1. The van der Waals surface area contributed by atoms with Crippen molar-refractivity contribution in [2.75, 3.05) is 0 Å². The minimum Gasteiger partial charge on any atom is -0.481 e. The number of rotatable bonds is 2. The van der Waals surface area contributed by atoms with Crippen LogP contribution < -0.4 is 0 Å². The molecule has 0 unspecified atom stereocenters. The number of allylic oxidation sites excluding steroid dienone is 2. The van der Waals surface area contributed by atoms with Gasteiger partial charge in [0.25, 0.3) is 0 Å². The number of aliphatic carboxylic acids is 1. The molecule has 0 fully saturated rings. The summed E-state index contributed by atoms with van der Waals surface area (Å²) in [6.07, 6.45) is 11.0. The van der Waals surface area contributed by atoms with Crippen LogP contribution in [0.4, 0.5) is 0 Å². The summed E-state index contributed by atoms with van der Waals surface area (Å²) >= 11 is 0. The van der Waals surface area contributed by atoms with Crippen molar-refractivity contribution in [3.63, 3.8) is 0 Å². The van der Waals surface area contributed by atoms with E-state index >= 15 is 0 Å². The highest BCUT2D eigenvalue weighted by atomic mass is 16.4. The molecule has 2 nitrogen and oxygen atoms in total. The molecule has 1 aliphatic carbocycles. The average Bonchev–Trinajstić information content (AvgIpc) is 2.08. The van der Waals surface area contributed by atoms with Gasteiger partial charge in [-0.2, -0.15) is 0 Å². The van der Waals surface area contributed by atoms with Crippen LogP contribution in [-0.2, 0) is 4.79 Å². The first-order valence-electron chi connectivity index (χ1n) is 4.64. The summed E-state index contributed by atoms with van der Waals surface area (Å²) in [5, 5.41) is 7.91. The highest BCUT2D eigenvalue weighted by Crippen LogP contribution is 2.07. The van der Waals surface area contributed by atoms with Gasteiger partial charge in [-0.15, -0.1) is 0 Å². The topological polar surface area (TPSA) is 37.3 Å². The third-order valence-corrected chi connectivity index (χ3v) is 1.62. The van der Waals surface area contributed by atoms with Crippen molar-refractivity contribution in [2.24, 2.45) is 0 Å². The van der Waals surface area contributed by atoms with Crippen LogP contribution in [0.1, 0.15) is 45.4 Å². The van der Waals surface area contributed by atoms with Gasteiger partial charge in [-0.25, -0.2) is 0 Å². The van der Waals surface area contributed by atoms with Crippen LogP contribution in [0.25, 0.3) is 0 Å². The zero-order valence-electron chi connectivity index (χ0n) is 7.75. The molecule has 0 aromatic carbocycles. The average molecular weight is 170 g/mol. The first-order chi connectivity index (χ1) is 5.77. The second-order valence-corrected chi connectivity index (χ2v) is 2.90. The zero-order chi connectivity index (χ0) is 9.23. The van der Waals surface area contributed by atoms with E-state index in [0.29, 0.717) is 6.42 Å². The molecule has 12 heavy (non-hydrogen) atoms. The molecule has 0 radical (unpaired) electrons. The van der Waals surface area contributed by atoms with Crippen LogP contribution in [-0.4, -0.2) is 11.1 Å². The molecule has 0 spiro atoms. The lowest BCUT2D eigenvalue weighted by Crippen LogP contribution is -1.90. The highest BCUT2D eigenvalue weighted by Gasteiger charge is 1.87. The van der Waals surface area contributed by atoms with Crippen molar-refractivity contribution in [1.29, 1.82) is 0 Å². The van der Waals surface area contributed by atoms with E-state index in [0.717, 1.165) is 6.42 Å². The fourth-order valence-corrected chi connectivity index (χ4v) is 0.974. The van der Waals surface area contributed by atoms with Crippen molar-refractivity contribution in [3.05, 3.63) is 12.2 Å². The lowest BCUT2D eigenvalue weighted by Gasteiger charge is -1.97. The first kappa shape index (κ1) is 11.2. The third kappa shape index (κ3) is 9.21. The van der Waals surface area contributed by atoms with Crippen molar-refractivity contribution in [1.82, 2.24) is 0 Å². The van der Waals surface area contributed by atoms with E-state index in [4.69, 9.17) is 5.11 Å². The van der Waals surface area contributed by atoms with E-state index in [1.807, 2.05) is 6.92 Å². The van der Waals surface area contributed by atoms with Gasteiger partial charge in [0.15, 0.2) is 0 Å². The Morgan fingerprint density at radius 1 is 1.33 bits per heavy atom. The largest absolute Gasteiger partial charge is 0.481 e. The molecule has 0 heterocycles. The maximum absolute atomic E-state index is 9.60. The summed E-state index contributed by atoms with van der Waals surface area (Å²) in [5.41, 5.74) is 0.